The minimum atomic E-state index is -3.14. The number of esters is 1. The van der Waals surface area contributed by atoms with Gasteiger partial charge in [0.2, 0.25) is 6.29 Å². The van der Waals surface area contributed by atoms with E-state index in [1.807, 2.05) is 128 Å². The van der Waals surface area contributed by atoms with E-state index in [9.17, 15) is 10.3 Å². The van der Waals surface area contributed by atoms with Crippen LogP contribution in [-0.2, 0) is 50.9 Å². The number of thioether (sulfide) groups is 1. The third-order valence-corrected chi connectivity index (χ3v) is 17.4. The zero-order valence-corrected chi connectivity index (χ0v) is 38.1. The topological polar surface area (TPSA) is 130 Å². The predicted molar refractivity (Wildman–Crippen MR) is 247 cm³/mol. The van der Waals surface area contributed by atoms with Crippen molar-refractivity contribution in [3.05, 3.63) is 185 Å². The third kappa shape index (κ3) is 11.3. The van der Waals surface area contributed by atoms with E-state index in [1.54, 1.807) is 12.3 Å². The molecule has 13 heteroatoms. The van der Waals surface area contributed by atoms with Gasteiger partial charge in [-0.05, 0) is 57.2 Å². The summed E-state index contributed by atoms with van der Waals surface area (Å²) in [5.74, 6) is -0.579. The van der Waals surface area contributed by atoms with Crippen molar-refractivity contribution in [2.24, 2.45) is 5.11 Å². The predicted octanol–water partition coefficient (Wildman–Crippen LogP) is 9.43. The fourth-order valence-electron chi connectivity index (χ4n) is 8.18. The Labute approximate surface area is 375 Å². The van der Waals surface area contributed by atoms with Crippen LogP contribution < -0.4 is 10.4 Å². The van der Waals surface area contributed by atoms with E-state index in [0.717, 1.165) is 32.0 Å². The highest BCUT2D eigenvalue weighted by molar-refractivity contribution is 7.99. The normalized spacial score (nSPS) is 23.6. The molecule has 0 unspecified atom stereocenters. The number of azide groups is 1. The number of rotatable bonds is 17. The van der Waals surface area contributed by atoms with Crippen molar-refractivity contribution in [1.29, 1.82) is 0 Å². The van der Waals surface area contributed by atoms with Crippen LogP contribution in [0.1, 0.15) is 44.4 Å². The van der Waals surface area contributed by atoms with Gasteiger partial charge in [0.25, 0.3) is 8.32 Å². The summed E-state index contributed by atoms with van der Waals surface area (Å²) in [7, 11) is -3.14. The molecule has 5 aromatic carbocycles. The Morgan fingerprint density at radius 2 is 1.32 bits per heavy atom. The van der Waals surface area contributed by atoms with E-state index >= 15 is 0 Å². The average molecular weight is 886 g/mol. The largest absolute Gasteiger partial charge is 0.470 e. The highest BCUT2D eigenvalue weighted by atomic mass is 32.2. The van der Waals surface area contributed by atoms with E-state index in [2.05, 4.69) is 55.1 Å². The summed E-state index contributed by atoms with van der Waals surface area (Å²) in [6.07, 6.45) is -2.22. The third-order valence-electron chi connectivity index (χ3n) is 11.2. The molecule has 5 aromatic rings. The second-order valence-electron chi connectivity index (χ2n) is 16.7. The van der Waals surface area contributed by atoms with E-state index in [0.29, 0.717) is 6.61 Å². The van der Waals surface area contributed by atoms with Crippen molar-refractivity contribution >= 4 is 36.4 Å². The molecule has 2 aliphatic heterocycles. The van der Waals surface area contributed by atoms with Crippen molar-refractivity contribution < 1.29 is 37.6 Å². The molecular formula is C50H55N3O8SSi. The molecule has 8 atom stereocenters. The molecule has 11 nitrogen and oxygen atoms in total. The monoisotopic (exact) mass is 885 g/mol. The van der Waals surface area contributed by atoms with Gasteiger partial charge in [-0.1, -0.05) is 177 Å². The van der Waals surface area contributed by atoms with Crippen LogP contribution in [0.15, 0.2) is 168 Å². The summed E-state index contributed by atoms with van der Waals surface area (Å²) in [5, 5.41) is 6.04. The fourth-order valence-corrected chi connectivity index (χ4v) is 13.9. The summed E-state index contributed by atoms with van der Waals surface area (Å²) >= 11 is 1.38. The molecule has 0 N–H and O–H groups in total. The standard InChI is InChI=1S/C50H55N3O8SSi/c1-35-26-28-39(29-27-35)62-49-44(52-53-51)47(59-36(2)54)45(43(60-49)34-58-63(50(3,4)5,40-22-14-8-15-23-40)41-24-16-9-17-25-41)61-48-46(57-33-38-20-12-7-13-21-38)42(30-31-55-48)56-32-37-18-10-6-11-19-37/h6-31,42-49H,32-34H2,1-5H3/t42-,43+,44+,45+,46+,47+,48+,49-/m0/s1. The maximum absolute atomic E-state index is 13.2. The number of hydrogen-bond acceptors (Lipinski definition) is 10. The maximum atomic E-state index is 13.2. The second-order valence-corrected chi connectivity index (χ2v) is 22.2. The zero-order chi connectivity index (χ0) is 44.2. The van der Waals surface area contributed by atoms with Gasteiger partial charge in [-0.15, -0.1) is 0 Å². The Morgan fingerprint density at radius 1 is 0.762 bits per heavy atom. The van der Waals surface area contributed by atoms with Crippen LogP contribution in [0.4, 0.5) is 0 Å². The molecule has 63 heavy (non-hydrogen) atoms. The Morgan fingerprint density at radius 3 is 1.86 bits per heavy atom. The lowest BCUT2D eigenvalue weighted by Crippen LogP contribution is -2.68. The van der Waals surface area contributed by atoms with Gasteiger partial charge in [-0.2, -0.15) is 0 Å². The molecule has 0 saturated carbocycles. The molecule has 2 aliphatic rings. The zero-order valence-electron chi connectivity index (χ0n) is 36.3. The quantitative estimate of drug-likeness (QED) is 0.0295. The first-order valence-electron chi connectivity index (χ1n) is 21.2. The van der Waals surface area contributed by atoms with Crippen LogP contribution >= 0.6 is 11.8 Å². The lowest BCUT2D eigenvalue weighted by Gasteiger charge is -2.48. The van der Waals surface area contributed by atoms with E-state index in [1.165, 1.54) is 18.7 Å². The van der Waals surface area contributed by atoms with Crippen molar-refractivity contribution in [3.8, 4) is 0 Å². The van der Waals surface area contributed by atoms with Gasteiger partial charge < -0.3 is 32.8 Å². The average Bonchev–Trinajstić information content (AvgIpc) is 3.29. The number of benzene rings is 5. The van der Waals surface area contributed by atoms with Crippen LogP contribution in [0.3, 0.4) is 0 Å². The Kier molecular flexibility index (Phi) is 15.6. The van der Waals surface area contributed by atoms with Gasteiger partial charge in [-0.3, -0.25) is 4.79 Å². The Balaban J connectivity index is 1.30. The first-order valence-corrected chi connectivity index (χ1v) is 24.0. The van der Waals surface area contributed by atoms with Gasteiger partial charge in [0.05, 0.1) is 26.1 Å². The molecule has 0 aliphatic carbocycles. The molecule has 1 saturated heterocycles. The summed E-state index contributed by atoms with van der Waals surface area (Å²) in [5.41, 5.74) is 12.3. The smallest absolute Gasteiger partial charge is 0.303 e. The summed E-state index contributed by atoms with van der Waals surface area (Å²) < 4.78 is 47.2. The molecule has 0 spiro atoms. The molecule has 7 rings (SSSR count). The van der Waals surface area contributed by atoms with Gasteiger partial charge in [-0.25, -0.2) is 0 Å². The molecule has 0 bridgehead atoms. The molecule has 2 heterocycles. The molecule has 0 amide bonds. The summed E-state index contributed by atoms with van der Waals surface area (Å²) in [6, 6.07) is 47.3. The highest BCUT2D eigenvalue weighted by Gasteiger charge is 2.55. The van der Waals surface area contributed by atoms with Crippen LogP contribution in [-0.4, -0.2) is 69.2 Å². The number of carbonyl (C=O) groups excluding carboxylic acids is 1. The van der Waals surface area contributed by atoms with Crippen LogP contribution in [0.25, 0.3) is 10.4 Å². The van der Waals surface area contributed by atoms with Gasteiger partial charge >= 0.3 is 5.97 Å². The first kappa shape index (κ1) is 45.8. The fraction of sp³-hybridized carbons (Fsp3) is 0.340. The van der Waals surface area contributed by atoms with Gasteiger partial charge in [0.15, 0.2) is 0 Å². The lowest BCUT2D eigenvalue weighted by molar-refractivity contribution is -0.284. The van der Waals surface area contributed by atoms with Crippen molar-refractivity contribution in [2.75, 3.05) is 6.61 Å². The second kappa shape index (κ2) is 21.4. The molecule has 0 radical (unpaired) electrons. The maximum Gasteiger partial charge on any atom is 0.303 e. The number of ether oxygens (including phenoxy) is 6. The van der Waals surface area contributed by atoms with E-state index in [-0.39, 0.29) is 18.3 Å². The van der Waals surface area contributed by atoms with Crippen LogP contribution in [0, 0.1) is 6.92 Å². The Bertz CT molecular complexity index is 2240. The number of aryl methyl sites for hydroxylation is 1. The van der Waals surface area contributed by atoms with Gasteiger partial charge in [0, 0.05) is 16.7 Å². The number of nitrogens with zero attached hydrogens (tertiary/aromatic N) is 3. The van der Waals surface area contributed by atoms with E-state index < -0.39 is 62.6 Å². The highest BCUT2D eigenvalue weighted by Crippen LogP contribution is 2.41. The molecule has 1 fully saturated rings. The number of carbonyl (C=O) groups is 1. The Hall–Kier alpha value is -5.21. The molecule has 328 valence electrons. The van der Waals surface area contributed by atoms with E-state index in [4.69, 9.17) is 32.8 Å². The molecular weight excluding hydrogens is 831 g/mol. The lowest BCUT2D eigenvalue weighted by atomic mass is 9.97. The summed E-state index contributed by atoms with van der Waals surface area (Å²) in [4.78, 5) is 17.3. The first-order chi connectivity index (χ1) is 30.6. The minimum absolute atomic E-state index is 0.0235. The summed E-state index contributed by atoms with van der Waals surface area (Å²) in [6.45, 7) is 10.5. The van der Waals surface area contributed by atoms with Gasteiger partial charge in [0.1, 0.15) is 42.0 Å². The SMILES string of the molecule is CC(=O)O[C@@H]1[C@@H](N=[N+]=[N-])[C@H](Sc2ccc(C)cc2)O[C@H](CO[Si](c2ccccc2)(c2ccccc2)C(C)(C)C)[C@H]1O[C@H]1OC=C[C@H](OCc2ccccc2)[C@H]1OCc1ccccc1. The minimum Gasteiger partial charge on any atom is -0.470 e. The van der Waals surface area contributed by atoms with Crippen molar-refractivity contribution in [2.45, 2.75) is 106 Å². The number of hydrogen-bond donors (Lipinski definition) is 0. The molecule has 0 aromatic heterocycles. The van der Waals surface area contributed by atoms with Crippen LogP contribution in [0.5, 0.6) is 0 Å². The van der Waals surface area contributed by atoms with Crippen molar-refractivity contribution in [3.63, 3.8) is 0 Å². The van der Waals surface area contributed by atoms with Crippen molar-refractivity contribution in [1.82, 2.24) is 0 Å². The van der Waals surface area contributed by atoms with Crippen LogP contribution in [0.2, 0.25) is 5.04 Å².